The lowest BCUT2D eigenvalue weighted by Crippen LogP contribution is -2.39. The number of thioether (sulfide) groups is 1. The zero-order valence-electron chi connectivity index (χ0n) is 16.1. The van der Waals surface area contributed by atoms with Crippen LogP contribution in [0.25, 0.3) is 0 Å². The van der Waals surface area contributed by atoms with Gasteiger partial charge in [0.05, 0.1) is 0 Å². The number of ether oxygens (including phenoxy) is 4. The summed E-state index contributed by atoms with van der Waals surface area (Å²) in [7, 11) is 0. The lowest BCUT2D eigenvalue weighted by molar-refractivity contribution is -0.165. The molecule has 12 nitrogen and oxygen atoms in total. The smallest absolute Gasteiger partial charge is 0.303 e. The van der Waals surface area contributed by atoms with Gasteiger partial charge < -0.3 is 24.7 Å². The third kappa shape index (κ3) is 6.42. The Kier molecular flexibility index (Phi) is 7.96. The Bertz CT molecular complexity index is 770. The predicted octanol–water partition coefficient (Wildman–Crippen LogP) is -0.566. The standard InChI is InChI=1S/C16H22N4O8S/c1-8(21)25-4-5-29-6-11-12(26-9(2)22)13(27-10(3)23)16(28-11)20-7-18-15(19-20)14(17)24/h7,11-13,16H,4-6H2,1-3H3,(H2,17,24)/t11-,12-,13-,16-/m1/s1. The molecule has 2 rings (SSSR count). The van der Waals surface area contributed by atoms with Crippen molar-refractivity contribution in [2.24, 2.45) is 5.73 Å². The molecule has 0 bridgehead atoms. The van der Waals surface area contributed by atoms with Crippen molar-refractivity contribution in [2.75, 3.05) is 18.1 Å². The summed E-state index contributed by atoms with van der Waals surface area (Å²) in [4.78, 5) is 49.1. The highest BCUT2D eigenvalue weighted by molar-refractivity contribution is 7.99. The molecular formula is C16H22N4O8S. The fourth-order valence-corrected chi connectivity index (χ4v) is 3.53. The van der Waals surface area contributed by atoms with E-state index >= 15 is 0 Å². The van der Waals surface area contributed by atoms with Gasteiger partial charge in [-0.3, -0.25) is 19.2 Å². The van der Waals surface area contributed by atoms with Crippen LogP contribution in [-0.4, -0.2) is 75.0 Å². The second-order valence-electron chi connectivity index (χ2n) is 6.04. The molecule has 1 aromatic rings. The quantitative estimate of drug-likeness (QED) is 0.303. The summed E-state index contributed by atoms with van der Waals surface area (Å²) in [5, 5.41) is 3.94. The van der Waals surface area contributed by atoms with Crippen LogP contribution in [-0.2, 0) is 33.3 Å². The SMILES string of the molecule is CC(=O)OCCSC[C@H]1O[C@@H](n2cnc(C(N)=O)n2)[C@H](OC(C)=O)[C@@H]1OC(C)=O. The van der Waals surface area contributed by atoms with Gasteiger partial charge in [-0.25, -0.2) is 9.67 Å². The number of primary amides is 1. The minimum absolute atomic E-state index is 0.215. The number of esters is 3. The molecule has 4 atom stereocenters. The number of nitrogens with two attached hydrogens (primary N) is 1. The van der Waals surface area contributed by atoms with E-state index in [2.05, 4.69) is 10.1 Å². The molecule has 13 heteroatoms. The first kappa shape index (κ1) is 22.6. The van der Waals surface area contributed by atoms with Gasteiger partial charge in [0.15, 0.2) is 18.4 Å². The van der Waals surface area contributed by atoms with Crippen molar-refractivity contribution in [1.82, 2.24) is 14.8 Å². The molecule has 0 saturated carbocycles. The third-order valence-electron chi connectivity index (χ3n) is 3.69. The first-order chi connectivity index (χ1) is 13.7. The number of nitrogens with zero attached hydrogens (tertiary/aromatic N) is 3. The number of carbonyl (C=O) groups excluding carboxylic acids is 4. The van der Waals surface area contributed by atoms with Gasteiger partial charge in [-0.2, -0.15) is 11.8 Å². The first-order valence-corrected chi connectivity index (χ1v) is 9.76. The lowest BCUT2D eigenvalue weighted by Gasteiger charge is -2.23. The molecule has 1 saturated heterocycles. The van der Waals surface area contributed by atoms with Gasteiger partial charge in [-0.1, -0.05) is 0 Å². The average molecular weight is 430 g/mol. The summed E-state index contributed by atoms with van der Waals surface area (Å²) in [5.41, 5.74) is 5.17. The molecule has 0 spiro atoms. The van der Waals surface area contributed by atoms with E-state index in [4.69, 9.17) is 24.7 Å². The van der Waals surface area contributed by atoms with Crippen molar-refractivity contribution in [1.29, 1.82) is 0 Å². The predicted molar refractivity (Wildman–Crippen MR) is 97.5 cm³/mol. The van der Waals surface area contributed by atoms with E-state index in [1.807, 2.05) is 0 Å². The highest BCUT2D eigenvalue weighted by atomic mass is 32.2. The van der Waals surface area contributed by atoms with Crippen molar-refractivity contribution in [3.63, 3.8) is 0 Å². The van der Waals surface area contributed by atoms with Crippen LogP contribution in [0.15, 0.2) is 6.33 Å². The van der Waals surface area contributed by atoms with Gasteiger partial charge in [-0.15, -0.1) is 5.10 Å². The summed E-state index contributed by atoms with van der Waals surface area (Å²) in [6.07, 6.45) is -2.36. The molecular weight excluding hydrogens is 408 g/mol. The largest absolute Gasteiger partial charge is 0.465 e. The zero-order chi connectivity index (χ0) is 21.6. The van der Waals surface area contributed by atoms with Crippen LogP contribution in [0, 0.1) is 0 Å². The van der Waals surface area contributed by atoms with E-state index in [0.717, 1.165) is 0 Å². The van der Waals surface area contributed by atoms with Crippen LogP contribution in [0.4, 0.5) is 0 Å². The number of rotatable bonds is 9. The Morgan fingerprint density at radius 2 is 1.79 bits per heavy atom. The molecule has 1 aliphatic rings. The highest BCUT2D eigenvalue weighted by Crippen LogP contribution is 2.35. The summed E-state index contributed by atoms with van der Waals surface area (Å²) in [6.45, 7) is 3.96. The van der Waals surface area contributed by atoms with Crippen molar-refractivity contribution in [3.05, 3.63) is 12.2 Å². The van der Waals surface area contributed by atoms with Gasteiger partial charge in [0.25, 0.3) is 5.91 Å². The van der Waals surface area contributed by atoms with E-state index in [9.17, 15) is 19.2 Å². The number of carbonyl (C=O) groups is 4. The summed E-state index contributed by atoms with van der Waals surface area (Å²) in [6, 6.07) is 0. The Balaban J connectivity index is 2.17. The van der Waals surface area contributed by atoms with E-state index < -0.39 is 42.4 Å². The van der Waals surface area contributed by atoms with E-state index in [-0.39, 0.29) is 18.4 Å². The zero-order valence-corrected chi connectivity index (χ0v) is 16.9. The number of amides is 1. The molecule has 160 valence electrons. The molecule has 0 aromatic carbocycles. The van der Waals surface area contributed by atoms with Crippen molar-refractivity contribution in [3.8, 4) is 0 Å². The van der Waals surface area contributed by atoms with Crippen molar-refractivity contribution < 1.29 is 38.1 Å². The second-order valence-corrected chi connectivity index (χ2v) is 7.19. The molecule has 1 amide bonds. The van der Waals surface area contributed by atoms with Crippen LogP contribution >= 0.6 is 11.8 Å². The number of hydrogen-bond donors (Lipinski definition) is 1. The fourth-order valence-electron chi connectivity index (χ4n) is 2.66. The Morgan fingerprint density at radius 3 is 2.34 bits per heavy atom. The molecule has 1 aliphatic heterocycles. The average Bonchev–Trinajstić information content (AvgIpc) is 3.20. The minimum Gasteiger partial charge on any atom is -0.465 e. The Hall–Kier alpha value is -2.67. The van der Waals surface area contributed by atoms with Gasteiger partial charge in [0.1, 0.15) is 19.0 Å². The summed E-state index contributed by atoms with van der Waals surface area (Å²) in [5.74, 6) is -1.80. The molecule has 0 aliphatic carbocycles. The molecule has 1 fully saturated rings. The topological polar surface area (TPSA) is 162 Å². The molecule has 2 heterocycles. The van der Waals surface area contributed by atoms with Gasteiger partial charge in [0, 0.05) is 32.3 Å². The van der Waals surface area contributed by atoms with E-state index in [1.165, 1.54) is 43.5 Å². The maximum atomic E-state index is 11.6. The molecule has 1 aromatic heterocycles. The van der Waals surface area contributed by atoms with Crippen molar-refractivity contribution >= 4 is 35.6 Å². The van der Waals surface area contributed by atoms with Gasteiger partial charge in [-0.05, 0) is 0 Å². The highest BCUT2D eigenvalue weighted by Gasteiger charge is 2.50. The van der Waals surface area contributed by atoms with Crippen LogP contribution < -0.4 is 5.73 Å². The van der Waals surface area contributed by atoms with Gasteiger partial charge >= 0.3 is 17.9 Å². The normalized spacial score (nSPS) is 23.4. The Labute approximate surface area is 170 Å². The monoisotopic (exact) mass is 430 g/mol. The Morgan fingerprint density at radius 1 is 1.14 bits per heavy atom. The second kappa shape index (κ2) is 10.2. The molecule has 29 heavy (non-hydrogen) atoms. The van der Waals surface area contributed by atoms with Crippen LogP contribution in [0.1, 0.15) is 37.6 Å². The third-order valence-corrected chi connectivity index (χ3v) is 4.71. The van der Waals surface area contributed by atoms with Crippen LogP contribution in [0.3, 0.4) is 0 Å². The molecule has 0 unspecified atom stereocenters. The summed E-state index contributed by atoms with van der Waals surface area (Å²) >= 11 is 1.40. The van der Waals surface area contributed by atoms with E-state index in [0.29, 0.717) is 11.5 Å². The number of aromatic nitrogens is 3. The van der Waals surface area contributed by atoms with Crippen LogP contribution in [0.5, 0.6) is 0 Å². The fraction of sp³-hybridized carbons (Fsp3) is 0.625. The van der Waals surface area contributed by atoms with Crippen LogP contribution in [0.2, 0.25) is 0 Å². The lowest BCUT2D eigenvalue weighted by atomic mass is 10.1. The molecule has 0 radical (unpaired) electrons. The minimum atomic E-state index is -1.02. The molecule has 2 N–H and O–H groups in total. The number of hydrogen-bond acceptors (Lipinski definition) is 11. The maximum Gasteiger partial charge on any atom is 0.303 e. The van der Waals surface area contributed by atoms with E-state index in [1.54, 1.807) is 0 Å². The van der Waals surface area contributed by atoms with Gasteiger partial charge in [0.2, 0.25) is 5.82 Å². The maximum absolute atomic E-state index is 11.6. The summed E-state index contributed by atoms with van der Waals surface area (Å²) < 4.78 is 22.6. The first-order valence-electron chi connectivity index (χ1n) is 8.61. The van der Waals surface area contributed by atoms with Crippen molar-refractivity contribution in [2.45, 2.75) is 45.3 Å².